The zero-order valence-corrected chi connectivity index (χ0v) is 28.1. The number of hydrogen-bond donors (Lipinski definition) is 0. The molecule has 0 atom stereocenters. The summed E-state index contributed by atoms with van der Waals surface area (Å²) in [5, 5.41) is 0. The van der Waals surface area contributed by atoms with E-state index in [9.17, 15) is 0 Å². The largest absolute Gasteiger partial charge is 0.311 e. The van der Waals surface area contributed by atoms with Crippen LogP contribution in [0.3, 0.4) is 0 Å². The van der Waals surface area contributed by atoms with E-state index in [-0.39, 0.29) is 12.1 Å². The fourth-order valence-corrected chi connectivity index (χ4v) is 7.91. The minimum atomic E-state index is -0.0792. The molecule has 0 saturated heterocycles. The average Bonchev–Trinajstić information content (AvgIpc) is 3.15. The molecular formula is C46H37BN2. The summed E-state index contributed by atoms with van der Waals surface area (Å²) in [5.41, 5.74) is 17.4. The van der Waals surface area contributed by atoms with E-state index >= 15 is 0 Å². The van der Waals surface area contributed by atoms with Crippen molar-refractivity contribution in [2.24, 2.45) is 0 Å². The predicted octanol–water partition coefficient (Wildman–Crippen LogP) is 10.4. The lowest BCUT2D eigenvalue weighted by Crippen LogP contribution is -2.61. The SMILES string of the molecule is CC(C)(C)c1cc2c3c(c1)N(c1ccccc1-c1ccccc1)c1ccccc1B3c1ccccc1N2c1ccccc1-c1ccccc1. The van der Waals surface area contributed by atoms with Crippen LogP contribution in [0.4, 0.5) is 34.1 Å². The maximum Gasteiger partial charge on any atom is 0.252 e. The lowest BCUT2D eigenvalue weighted by Gasteiger charge is -2.45. The van der Waals surface area contributed by atoms with E-state index in [2.05, 4.69) is 200 Å². The summed E-state index contributed by atoms with van der Waals surface area (Å²) < 4.78 is 0. The Balaban J connectivity index is 1.40. The van der Waals surface area contributed by atoms with Crippen molar-refractivity contribution in [2.75, 3.05) is 9.80 Å². The Bertz CT molecular complexity index is 2180. The van der Waals surface area contributed by atoms with Gasteiger partial charge in [-0.15, -0.1) is 0 Å². The summed E-state index contributed by atoms with van der Waals surface area (Å²) in [6.45, 7) is 7.08. The molecule has 0 unspecified atom stereocenters. The van der Waals surface area contributed by atoms with E-state index in [0.717, 1.165) is 0 Å². The molecule has 0 aromatic heterocycles. The Morgan fingerprint density at radius 2 is 0.755 bits per heavy atom. The first-order valence-electron chi connectivity index (χ1n) is 17.2. The van der Waals surface area contributed by atoms with Gasteiger partial charge in [0.25, 0.3) is 6.71 Å². The molecule has 7 aromatic rings. The molecule has 2 heterocycles. The van der Waals surface area contributed by atoms with Gasteiger partial charge in [0, 0.05) is 33.9 Å². The highest BCUT2D eigenvalue weighted by molar-refractivity contribution is 7.00. The summed E-state index contributed by atoms with van der Waals surface area (Å²) in [6, 6.07) is 62.4. The van der Waals surface area contributed by atoms with Crippen LogP contribution in [0.25, 0.3) is 22.3 Å². The third-order valence-electron chi connectivity index (χ3n) is 10.2. The smallest absolute Gasteiger partial charge is 0.252 e. The van der Waals surface area contributed by atoms with Crippen molar-refractivity contribution in [1.82, 2.24) is 0 Å². The highest BCUT2D eigenvalue weighted by Crippen LogP contribution is 2.49. The van der Waals surface area contributed by atoms with Gasteiger partial charge in [0.05, 0.1) is 11.4 Å². The highest BCUT2D eigenvalue weighted by atomic mass is 15.2. The summed E-state index contributed by atoms with van der Waals surface area (Å²) >= 11 is 0. The van der Waals surface area contributed by atoms with E-state index in [1.807, 2.05) is 0 Å². The normalized spacial score (nSPS) is 13.1. The number of para-hydroxylation sites is 4. The van der Waals surface area contributed by atoms with Crippen LogP contribution in [0.15, 0.2) is 170 Å². The van der Waals surface area contributed by atoms with Crippen LogP contribution < -0.4 is 26.2 Å². The van der Waals surface area contributed by atoms with Gasteiger partial charge in [-0.05, 0) is 74.9 Å². The lowest BCUT2D eigenvalue weighted by atomic mass is 9.33. The van der Waals surface area contributed by atoms with E-state index in [1.54, 1.807) is 0 Å². The molecule has 3 heteroatoms. The van der Waals surface area contributed by atoms with Crippen LogP contribution >= 0.6 is 0 Å². The van der Waals surface area contributed by atoms with Gasteiger partial charge < -0.3 is 9.80 Å². The van der Waals surface area contributed by atoms with Crippen molar-refractivity contribution in [2.45, 2.75) is 26.2 Å². The van der Waals surface area contributed by atoms with Crippen LogP contribution in [0.1, 0.15) is 26.3 Å². The van der Waals surface area contributed by atoms with E-state index < -0.39 is 0 Å². The molecule has 9 rings (SSSR count). The second kappa shape index (κ2) is 11.4. The Hall–Kier alpha value is -5.80. The second-order valence-corrected chi connectivity index (χ2v) is 14.2. The van der Waals surface area contributed by atoms with Crippen LogP contribution in [-0.4, -0.2) is 6.71 Å². The first-order valence-corrected chi connectivity index (χ1v) is 17.2. The number of fused-ring (bicyclic) bond motifs is 4. The van der Waals surface area contributed by atoms with Gasteiger partial charge in [0.2, 0.25) is 0 Å². The molecule has 0 saturated carbocycles. The van der Waals surface area contributed by atoms with E-state index in [1.165, 1.54) is 78.3 Å². The lowest BCUT2D eigenvalue weighted by molar-refractivity contribution is 0.590. The minimum Gasteiger partial charge on any atom is -0.311 e. The second-order valence-electron chi connectivity index (χ2n) is 14.2. The van der Waals surface area contributed by atoms with E-state index in [0.29, 0.717) is 0 Å². The van der Waals surface area contributed by atoms with Crippen LogP contribution in [0.2, 0.25) is 0 Å². The number of anilines is 6. The van der Waals surface area contributed by atoms with Crippen LogP contribution in [0, 0.1) is 0 Å². The minimum absolute atomic E-state index is 0.0792. The van der Waals surface area contributed by atoms with E-state index in [4.69, 9.17) is 0 Å². The molecule has 0 radical (unpaired) electrons. The molecule has 2 nitrogen and oxygen atoms in total. The maximum absolute atomic E-state index is 2.54. The van der Waals surface area contributed by atoms with Crippen LogP contribution in [0.5, 0.6) is 0 Å². The summed E-state index contributed by atoms with van der Waals surface area (Å²) in [5.74, 6) is 0. The Morgan fingerprint density at radius 3 is 1.18 bits per heavy atom. The van der Waals surface area contributed by atoms with Gasteiger partial charge in [-0.2, -0.15) is 0 Å². The molecule has 0 N–H and O–H groups in total. The van der Waals surface area contributed by atoms with Crippen molar-refractivity contribution in [1.29, 1.82) is 0 Å². The Kier molecular flexibility index (Phi) is 6.84. The zero-order chi connectivity index (χ0) is 33.1. The van der Waals surface area contributed by atoms with Crippen molar-refractivity contribution < 1.29 is 0 Å². The average molecular weight is 629 g/mol. The van der Waals surface area contributed by atoms with Crippen molar-refractivity contribution in [3.8, 4) is 22.3 Å². The molecule has 2 aliphatic rings. The molecule has 234 valence electrons. The summed E-state index contributed by atoms with van der Waals surface area (Å²) in [6.07, 6.45) is 0. The Labute approximate surface area is 290 Å². The van der Waals surface area contributed by atoms with Gasteiger partial charge in [-0.25, -0.2) is 0 Å². The van der Waals surface area contributed by atoms with Crippen molar-refractivity contribution in [3.63, 3.8) is 0 Å². The van der Waals surface area contributed by atoms with Gasteiger partial charge >= 0.3 is 0 Å². The third-order valence-corrected chi connectivity index (χ3v) is 10.2. The fourth-order valence-electron chi connectivity index (χ4n) is 7.91. The van der Waals surface area contributed by atoms with Gasteiger partial charge in [0.1, 0.15) is 0 Å². The molecule has 0 aliphatic carbocycles. The highest BCUT2D eigenvalue weighted by Gasteiger charge is 2.44. The van der Waals surface area contributed by atoms with Crippen molar-refractivity contribution >= 4 is 57.2 Å². The third kappa shape index (κ3) is 4.72. The number of hydrogen-bond acceptors (Lipinski definition) is 2. The molecule has 0 spiro atoms. The zero-order valence-electron chi connectivity index (χ0n) is 28.1. The quantitative estimate of drug-likeness (QED) is 0.179. The van der Waals surface area contributed by atoms with Gasteiger partial charge in [-0.3, -0.25) is 0 Å². The maximum atomic E-state index is 2.54. The standard InChI is InChI=1S/C46H37BN2/c1-46(2,3)34-30-43-45-44(31-34)49(40-27-15-11-23-36(40)33-20-8-5-9-21-33)42-29-17-13-25-38(42)47(45)37-24-12-16-28-41(37)48(43)39-26-14-10-22-35(39)32-18-6-4-7-19-32/h4-31H,1-3H3. The molecule has 0 bridgehead atoms. The number of nitrogens with zero attached hydrogens (tertiary/aromatic N) is 2. The number of benzene rings is 7. The van der Waals surface area contributed by atoms with Crippen molar-refractivity contribution in [3.05, 3.63) is 175 Å². The molecule has 2 aliphatic heterocycles. The van der Waals surface area contributed by atoms with Crippen LogP contribution in [-0.2, 0) is 5.41 Å². The predicted molar refractivity (Wildman–Crippen MR) is 210 cm³/mol. The summed E-state index contributed by atoms with van der Waals surface area (Å²) in [7, 11) is 0. The summed E-state index contributed by atoms with van der Waals surface area (Å²) in [4.78, 5) is 5.08. The number of rotatable bonds is 4. The first kappa shape index (κ1) is 29.4. The van der Waals surface area contributed by atoms with Gasteiger partial charge in [-0.1, -0.05) is 154 Å². The molecular weight excluding hydrogens is 591 g/mol. The van der Waals surface area contributed by atoms with Gasteiger partial charge in [0.15, 0.2) is 0 Å². The molecule has 49 heavy (non-hydrogen) atoms. The Morgan fingerprint density at radius 1 is 0.388 bits per heavy atom. The fraction of sp³-hybridized carbons (Fsp3) is 0.0870. The molecule has 0 fully saturated rings. The first-order chi connectivity index (χ1) is 24.0. The topological polar surface area (TPSA) is 6.48 Å². The molecule has 0 amide bonds. The molecule has 7 aromatic carbocycles. The monoisotopic (exact) mass is 628 g/mol.